The molecule has 1 N–H and O–H groups in total. The van der Waals surface area contributed by atoms with Crippen molar-refractivity contribution in [2.24, 2.45) is 0 Å². The number of benzene rings is 2. The van der Waals surface area contributed by atoms with Crippen LogP contribution in [0, 0.1) is 0 Å². The number of nitrogens with zero attached hydrogens (tertiary/aromatic N) is 2. The van der Waals surface area contributed by atoms with E-state index in [-0.39, 0.29) is 23.0 Å². The van der Waals surface area contributed by atoms with Gasteiger partial charge in [-0.1, -0.05) is 12.1 Å². The Balaban J connectivity index is 1.66. The average molecular weight is 413 g/mol. The molecule has 1 aliphatic heterocycles. The first-order valence-electron chi connectivity index (χ1n) is 9.04. The van der Waals surface area contributed by atoms with Gasteiger partial charge in [-0.2, -0.15) is 0 Å². The number of amides is 1. The SMILES string of the molecule is COc1ccccc1-n1cnc2cc(C(=O)NC3CCS(=O)(=O)C3)ccc2c1=O. The lowest BCUT2D eigenvalue weighted by atomic mass is 10.1. The van der Waals surface area contributed by atoms with Crippen molar-refractivity contribution in [1.82, 2.24) is 14.9 Å². The molecule has 0 radical (unpaired) electrons. The lowest BCUT2D eigenvalue weighted by Crippen LogP contribution is -2.35. The van der Waals surface area contributed by atoms with Crippen LogP contribution < -0.4 is 15.6 Å². The largest absolute Gasteiger partial charge is 0.495 e. The molecule has 1 fully saturated rings. The van der Waals surface area contributed by atoms with Crippen LogP contribution in [0.3, 0.4) is 0 Å². The van der Waals surface area contributed by atoms with Crippen molar-refractivity contribution in [3.8, 4) is 11.4 Å². The first-order valence-corrected chi connectivity index (χ1v) is 10.9. The molecule has 3 aromatic rings. The van der Waals surface area contributed by atoms with Crippen molar-refractivity contribution in [2.75, 3.05) is 18.6 Å². The van der Waals surface area contributed by atoms with Gasteiger partial charge < -0.3 is 10.1 Å². The van der Waals surface area contributed by atoms with Gasteiger partial charge in [-0.25, -0.2) is 13.4 Å². The van der Waals surface area contributed by atoms with Crippen LogP contribution in [-0.2, 0) is 9.84 Å². The van der Waals surface area contributed by atoms with E-state index in [1.165, 1.54) is 30.1 Å². The van der Waals surface area contributed by atoms with E-state index in [0.29, 0.717) is 34.3 Å². The van der Waals surface area contributed by atoms with Gasteiger partial charge in [-0.3, -0.25) is 14.2 Å². The molecule has 2 aromatic carbocycles. The highest BCUT2D eigenvalue weighted by atomic mass is 32.2. The number of hydrogen-bond donors (Lipinski definition) is 1. The van der Waals surface area contributed by atoms with E-state index in [4.69, 9.17) is 4.74 Å². The van der Waals surface area contributed by atoms with Crippen molar-refractivity contribution in [2.45, 2.75) is 12.5 Å². The Morgan fingerprint density at radius 2 is 2.03 bits per heavy atom. The van der Waals surface area contributed by atoms with Gasteiger partial charge in [0.2, 0.25) is 0 Å². The number of para-hydroxylation sites is 2. The van der Waals surface area contributed by atoms with Crippen molar-refractivity contribution < 1.29 is 17.9 Å². The standard InChI is InChI=1S/C20H19N3O5S/c1-28-18-5-3-2-4-17(18)23-12-21-16-10-13(6-7-15(16)20(23)25)19(24)22-14-8-9-29(26,27)11-14/h2-7,10,12,14H,8-9,11H2,1H3,(H,22,24). The van der Waals surface area contributed by atoms with Crippen molar-refractivity contribution in [3.63, 3.8) is 0 Å². The van der Waals surface area contributed by atoms with E-state index in [2.05, 4.69) is 10.3 Å². The zero-order chi connectivity index (χ0) is 20.6. The zero-order valence-corrected chi connectivity index (χ0v) is 16.5. The molecule has 1 aliphatic rings. The number of nitrogens with one attached hydrogen (secondary N) is 1. The second kappa shape index (κ2) is 7.32. The number of sulfone groups is 1. The number of fused-ring (bicyclic) bond motifs is 1. The second-order valence-electron chi connectivity index (χ2n) is 6.90. The Bertz CT molecular complexity index is 1270. The molecule has 2 heterocycles. The van der Waals surface area contributed by atoms with Crippen LogP contribution in [0.25, 0.3) is 16.6 Å². The fourth-order valence-corrected chi connectivity index (χ4v) is 5.11. The molecule has 150 valence electrons. The summed E-state index contributed by atoms with van der Waals surface area (Å²) >= 11 is 0. The number of ether oxygens (including phenoxy) is 1. The molecule has 0 spiro atoms. The van der Waals surface area contributed by atoms with Gasteiger partial charge in [0.05, 0.1) is 35.2 Å². The van der Waals surface area contributed by atoms with Crippen LogP contribution in [0.1, 0.15) is 16.8 Å². The molecule has 29 heavy (non-hydrogen) atoms. The molecule has 1 atom stereocenters. The summed E-state index contributed by atoms with van der Waals surface area (Å²) in [4.78, 5) is 29.7. The Kier molecular flexibility index (Phi) is 4.83. The summed E-state index contributed by atoms with van der Waals surface area (Å²) in [5, 5.41) is 3.10. The number of hydrogen-bond acceptors (Lipinski definition) is 6. The van der Waals surface area contributed by atoms with E-state index in [1.54, 1.807) is 24.3 Å². The molecule has 8 nitrogen and oxygen atoms in total. The summed E-state index contributed by atoms with van der Waals surface area (Å²) in [5.41, 5.74) is 0.989. The highest BCUT2D eigenvalue weighted by Gasteiger charge is 2.29. The third-order valence-corrected chi connectivity index (χ3v) is 6.70. The van der Waals surface area contributed by atoms with E-state index >= 15 is 0 Å². The minimum Gasteiger partial charge on any atom is -0.495 e. The highest BCUT2D eigenvalue weighted by Crippen LogP contribution is 2.21. The van der Waals surface area contributed by atoms with Crippen molar-refractivity contribution >= 4 is 26.6 Å². The Morgan fingerprint density at radius 1 is 1.24 bits per heavy atom. The predicted molar refractivity (Wildman–Crippen MR) is 108 cm³/mol. The lowest BCUT2D eigenvalue weighted by molar-refractivity contribution is 0.0941. The number of carbonyl (C=O) groups is 1. The second-order valence-corrected chi connectivity index (χ2v) is 9.13. The fraction of sp³-hybridized carbons (Fsp3) is 0.250. The third kappa shape index (κ3) is 3.73. The minimum absolute atomic E-state index is 0.0474. The van der Waals surface area contributed by atoms with Crippen molar-refractivity contribution in [1.29, 1.82) is 0 Å². The number of aromatic nitrogens is 2. The first-order chi connectivity index (χ1) is 13.9. The van der Waals surface area contributed by atoms with Crippen LogP contribution in [0.5, 0.6) is 5.75 Å². The summed E-state index contributed by atoms with van der Waals surface area (Å²) in [6.45, 7) is 0. The molecule has 1 unspecified atom stereocenters. The van der Waals surface area contributed by atoms with E-state index in [0.717, 1.165) is 0 Å². The maximum Gasteiger partial charge on any atom is 0.265 e. The molecular weight excluding hydrogens is 394 g/mol. The van der Waals surface area contributed by atoms with Gasteiger partial charge in [0, 0.05) is 11.6 Å². The zero-order valence-electron chi connectivity index (χ0n) is 15.7. The Morgan fingerprint density at radius 3 is 2.76 bits per heavy atom. The fourth-order valence-electron chi connectivity index (χ4n) is 3.44. The van der Waals surface area contributed by atoms with E-state index in [9.17, 15) is 18.0 Å². The minimum atomic E-state index is -3.08. The van der Waals surface area contributed by atoms with Gasteiger partial charge >= 0.3 is 0 Å². The smallest absolute Gasteiger partial charge is 0.265 e. The monoisotopic (exact) mass is 413 g/mol. The summed E-state index contributed by atoms with van der Waals surface area (Å²) in [6.07, 6.45) is 1.80. The third-order valence-electron chi connectivity index (χ3n) is 4.93. The molecule has 9 heteroatoms. The highest BCUT2D eigenvalue weighted by molar-refractivity contribution is 7.91. The van der Waals surface area contributed by atoms with Gasteiger partial charge in [0.25, 0.3) is 11.5 Å². The molecular formula is C20H19N3O5S. The van der Waals surface area contributed by atoms with Crippen LogP contribution in [0.2, 0.25) is 0 Å². The summed E-state index contributed by atoms with van der Waals surface area (Å²) in [5.74, 6) is 0.191. The number of methoxy groups -OCH3 is 1. The van der Waals surface area contributed by atoms with Gasteiger partial charge in [0.1, 0.15) is 12.1 Å². The summed E-state index contributed by atoms with van der Waals surface area (Å²) < 4.78 is 29.8. The molecule has 0 bridgehead atoms. The first kappa shape index (κ1) is 19.1. The van der Waals surface area contributed by atoms with Crippen LogP contribution in [0.15, 0.2) is 53.6 Å². The predicted octanol–water partition coefficient (Wildman–Crippen LogP) is 1.31. The maximum atomic E-state index is 12.9. The van der Waals surface area contributed by atoms with Crippen LogP contribution in [0.4, 0.5) is 0 Å². The Hall–Kier alpha value is -3.20. The van der Waals surface area contributed by atoms with E-state index in [1.807, 2.05) is 6.07 Å². The topological polar surface area (TPSA) is 107 Å². The normalized spacial score (nSPS) is 17.9. The van der Waals surface area contributed by atoms with E-state index < -0.39 is 15.9 Å². The molecule has 1 amide bonds. The number of rotatable bonds is 4. The molecule has 4 rings (SSSR count). The molecule has 1 aromatic heterocycles. The average Bonchev–Trinajstić information content (AvgIpc) is 3.06. The van der Waals surface area contributed by atoms with Gasteiger partial charge in [-0.15, -0.1) is 0 Å². The van der Waals surface area contributed by atoms with Crippen LogP contribution in [-0.4, -0.2) is 48.5 Å². The van der Waals surface area contributed by atoms with Crippen molar-refractivity contribution in [3.05, 3.63) is 64.7 Å². The summed E-state index contributed by atoms with van der Waals surface area (Å²) in [7, 11) is -1.56. The Labute approximate surface area is 167 Å². The molecule has 0 aliphatic carbocycles. The molecule has 1 saturated heterocycles. The number of carbonyl (C=O) groups excluding carboxylic acids is 1. The van der Waals surface area contributed by atoms with Crippen LogP contribution >= 0.6 is 0 Å². The lowest BCUT2D eigenvalue weighted by Gasteiger charge is -2.12. The molecule has 0 saturated carbocycles. The van der Waals surface area contributed by atoms with Gasteiger partial charge in [-0.05, 0) is 36.8 Å². The summed E-state index contributed by atoms with van der Waals surface area (Å²) in [6, 6.07) is 11.3. The van der Waals surface area contributed by atoms with Gasteiger partial charge in [0.15, 0.2) is 9.84 Å². The maximum absolute atomic E-state index is 12.9. The quantitative estimate of drug-likeness (QED) is 0.691.